The molecule has 0 aliphatic carbocycles. The van der Waals surface area contributed by atoms with Crippen molar-refractivity contribution in [1.82, 2.24) is 0 Å². The predicted octanol–water partition coefficient (Wildman–Crippen LogP) is 2.48. The van der Waals surface area contributed by atoms with Gasteiger partial charge >= 0.3 is 71.7 Å². The zero-order valence-electron chi connectivity index (χ0n) is 15.3. The minimum atomic E-state index is -9.21. The summed E-state index contributed by atoms with van der Waals surface area (Å²) in [6.07, 6.45) is -14.0. The SMILES string of the molecule is O=S(=O)([O-])C(F)(F)C(F)(F)C(F)(F)C(F)(F)C(F)(F)C(F)(F)C(F)(F)C(F)(F)C(F)C(F)(F)F.[Li+]. The molecule has 0 rings (SSSR count). The third-order valence-electron chi connectivity index (χ3n) is 3.68. The summed E-state index contributed by atoms with van der Waals surface area (Å²) >= 11 is 0. The topological polar surface area (TPSA) is 57.2 Å². The molecule has 0 heterocycles. The molecule has 206 valence electrons. The molecular formula is C10HF20LiO3S. The van der Waals surface area contributed by atoms with Crippen molar-refractivity contribution in [2.45, 2.75) is 59.1 Å². The first-order valence-corrected chi connectivity index (χ1v) is 8.25. The van der Waals surface area contributed by atoms with Gasteiger partial charge in [-0.3, -0.25) is 0 Å². The van der Waals surface area contributed by atoms with Crippen molar-refractivity contribution in [3.63, 3.8) is 0 Å². The van der Waals surface area contributed by atoms with Gasteiger partial charge in [0, 0.05) is 0 Å². The molecule has 0 amide bonds. The Hall–Kier alpha value is -0.893. The Balaban J connectivity index is 0. The van der Waals surface area contributed by atoms with E-state index in [0.29, 0.717) is 0 Å². The molecule has 0 aliphatic heterocycles. The quantitative estimate of drug-likeness (QED) is 0.237. The van der Waals surface area contributed by atoms with E-state index in [4.69, 9.17) is 0 Å². The van der Waals surface area contributed by atoms with Gasteiger partial charge in [-0.15, -0.1) is 0 Å². The molecule has 0 aliphatic rings. The first-order chi connectivity index (χ1) is 14.2. The van der Waals surface area contributed by atoms with Crippen LogP contribution in [-0.4, -0.2) is 72.0 Å². The van der Waals surface area contributed by atoms with E-state index >= 15 is 0 Å². The molecule has 0 spiro atoms. The van der Waals surface area contributed by atoms with Gasteiger partial charge in [0.05, 0.1) is 0 Å². The Bertz CT molecular complexity index is 876. The second kappa shape index (κ2) is 8.85. The molecule has 0 bridgehead atoms. The van der Waals surface area contributed by atoms with Crippen molar-refractivity contribution in [3.05, 3.63) is 0 Å². The van der Waals surface area contributed by atoms with Crippen LogP contribution in [-0.2, 0) is 10.1 Å². The van der Waals surface area contributed by atoms with Crippen molar-refractivity contribution < 1.29 is 120 Å². The second-order valence-electron chi connectivity index (χ2n) is 5.94. The molecule has 3 nitrogen and oxygen atoms in total. The molecule has 1 atom stereocenters. The van der Waals surface area contributed by atoms with Crippen LogP contribution in [0.3, 0.4) is 0 Å². The molecule has 0 aromatic heterocycles. The van der Waals surface area contributed by atoms with E-state index in [0.717, 1.165) is 0 Å². The van der Waals surface area contributed by atoms with Crippen molar-refractivity contribution in [3.8, 4) is 0 Å². The summed E-state index contributed by atoms with van der Waals surface area (Å²) in [4.78, 5) is 0. The van der Waals surface area contributed by atoms with Crippen molar-refractivity contribution >= 4 is 10.1 Å². The third kappa shape index (κ3) is 4.64. The van der Waals surface area contributed by atoms with Crippen LogP contribution >= 0.6 is 0 Å². The molecule has 0 saturated heterocycles. The fourth-order valence-electron chi connectivity index (χ4n) is 1.70. The monoisotopic (exact) mass is 588 g/mol. The second-order valence-corrected chi connectivity index (χ2v) is 7.37. The summed E-state index contributed by atoms with van der Waals surface area (Å²) in [6.45, 7) is 0. The maximum absolute atomic E-state index is 13.3. The maximum atomic E-state index is 13.3. The molecule has 1 unspecified atom stereocenters. The van der Waals surface area contributed by atoms with E-state index in [-0.39, 0.29) is 18.9 Å². The maximum Gasteiger partial charge on any atom is 1.00 e. The van der Waals surface area contributed by atoms with Crippen LogP contribution in [0.15, 0.2) is 0 Å². The largest absolute Gasteiger partial charge is 1.00 e. The van der Waals surface area contributed by atoms with Gasteiger partial charge < -0.3 is 4.55 Å². The van der Waals surface area contributed by atoms with Crippen LogP contribution < -0.4 is 18.9 Å². The summed E-state index contributed by atoms with van der Waals surface area (Å²) in [5.74, 6) is -62.3. The Morgan fingerprint density at radius 2 is 0.714 bits per heavy atom. The molecule has 0 fully saturated rings. The normalized spacial score (nSPS) is 17.2. The Kier molecular flexibility index (Phi) is 9.17. The number of rotatable bonds is 9. The van der Waals surface area contributed by atoms with Crippen LogP contribution in [0.5, 0.6) is 0 Å². The van der Waals surface area contributed by atoms with Gasteiger partial charge in [-0.1, -0.05) is 0 Å². The van der Waals surface area contributed by atoms with Gasteiger partial charge in [-0.05, 0) is 0 Å². The van der Waals surface area contributed by atoms with Crippen LogP contribution in [0.2, 0.25) is 0 Å². The number of halogens is 20. The first-order valence-electron chi connectivity index (χ1n) is 6.84. The van der Waals surface area contributed by atoms with Crippen LogP contribution in [0.25, 0.3) is 0 Å². The van der Waals surface area contributed by atoms with E-state index in [2.05, 4.69) is 0 Å². The minimum Gasteiger partial charge on any atom is -0.743 e. The Labute approximate surface area is 189 Å². The van der Waals surface area contributed by atoms with Gasteiger partial charge in [-0.2, -0.15) is 83.4 Å². The molecule has 25 heteroatoms. The van der Waals surface area contributed by atoms with Gasteiger partial charge in [0.25, 0.3) is 6.17 Å². The van der Waals surface area contributed by atoms with Crippen LogP contribution in [0, 0.1) is 0 Å². The molecule has 0 radical (unpaired) electrons. The number of hydrogen-bond donors (Lipinski definition) is 0. The van der Waals surface area contributed by atoms with Crippen LogP contribution in [0.1, 0.15) is 0 Å². The predicted molar refractivity (Wildman–Crippen MR) is 60.2 cm³/mol. The molecule has 0 aromatic carbocycles. The smallest absolute Gasteiger partial charge is 0.743 e. The summed E-state index contributed by atoms with van der Waals surface area (Å²) < 4.78 is 287. The van der Waals surface area contributed by atoms with Crippen LogP contribution in [0.4, 0.5) is 87.8 Å². The van der Waals surface area contributed by atoms with Gasteiger partial charge in [0.1, 0.15) is 0 Å². The molecular weight excluding hydrogens is 587 g/mol. The van der Waals surface area contributed by atoms with Crippen molar-refractivity contribution in [2.24, 2.45) is 0 Å². The Morgan fingerprint density at radius 1 is 0.486 bits per heavy atom. The van der Waals surface area contributed by atoms with E-state index < -0.39 is 69.2 Å². The van der Waals surface area contributed by atoms with E-state index in [1.165, 1.54) is 0 Å². The average molecular weight is 588 g/mol. The van der Waals surface area contributed by atoms with E-state index in [9.17, 15) is 101 Å². The number of hydrogen-bond acceptors (Lipinski definition) is 3. The molecule has 0 saturated carbocycles. The fraction of sp³-hybridized carbons (Fsp3) is 1.00. The van der Waals surface area contributed by atoms with Gasteiger partial charge in [0.2, 0.25) is 0 Å². The van der Waals surface area contributed by atoms with E-state index in [1.807, 2.05) is 0 Å². The fourth-order valence-corrected chi connectivity index (χ4v) is 2.14. The van der Waals surface area contributed by atoms with Crippen molar-refractivity contribution in [2.75, 3.05) is 0 Å². The molecule has 0 aromatic rings. The van der Waals surface area contributed by atoms with Crippen molar-refractivity contribution in [1.29, 1.82) is 0 Å². The molecule has 35 heavy (non-hydrogen) atoms. The average Bonchev–Trinajstić information content (AvgIpc) is 2.57. The third-order valence-corrected chi connectivity index (χ3v) is 4.56. The Morgan fingerprint density at radius 3 is 0.943 bits per heavy atom. The number of alkyl halides is 20. The first kappa shape index (κ1) is 36.3. The summed E-state index contributed by atoms with van der Waals surface area (Å²) in [7, 11) is -8.29. The summed E-state index contributed by atoms with van der Waals surface area (Å²) in [6, 6.07) is 0. The van der Waals surface area contributed by atoms with Gasteiger partial charge in [-0.25, -0.2) is 12.8 Å². The standard InChI is InChI=1S/C10H2F20O3S.Li/c11-1(3(14,15)16)2(12,13)4(17,18)5(19,20)6(21,22)7(23,24)8(25,26)9(27,28)10(29,30)34(31,32)33;/h1H,(H,31,32,33);/q;+1/p-1. The van der Waals surface area contributed by atoms with Gasteiger partial charge in [0.15, 0.2) is 10.1 Å². The summed E-state index contributed by atoms with van der Waals surface area (Å²) in [5, 5.41) is -8.11. The minimum absolute atomic E-state index is 0. The van der Waals surface area contributed by atoms with E-state index in [1.54, 1.807) is 0 Å². The zero-order valence-corrected chi connectivity index (χ0v) is 16.1. The zero-order chi connectivity index (χ0) is 28.6. The summed E-state index contributed by atoms with van der Waals surface area (Å²) in [5.41, 5.74) is 0. The molecule has 0 N–H and O–H groups in total.